The molecule has 4 aromatic rings. The van der Waals surface area contributed by atoms with E-state index >= 15 is 0 Å². The topological polar surface area (TPSA) is 18.5 Å². The molecule has 0 spiro atoms. The molecule has 0 amide bonds. The maximum absolute atomic E-state index is 5.30. The van der Waals surface area contributed by atoms with Gasteiger partial charge in [0.2, 0.25) is 0 Å². The van der Waals surface area contributed by atoms with Gasteiger partial charge in [-0.05, 0) is 34.9 Å². The smallest absolute Gasteiger partial charge is 0.126 e. The molecular weight excluding hydrogens is 344 g/mol. The molecule has 0 aliphatic heterocycles. The molecule has 0 N–H and O–H groups in total. The average molecular weight is 368 g/mol. The molecule has 140 valence electrons. The van der Waals surface area contributed by atoms with Crippen LogP contribution in [0.2, 0.25) is 0 Å². The molecule has 0 saturated carbocycles. The maximum atomic E-state index is 5.30. The van der Waals surface area contributed by atoms with Crippen LogP contribution in [0, 0.1) is 0 Å². The number of para-hydroxylation sites is 1. The van der Waals surface area contributed by atoms with Crippen molar-refractivity contribution >= 4 is 0 Å². The second-order valence-corrected chi connectivity index (χ2v) is 6.16. The molecule has 4 aromatic carbocycles. The van der Waals surface area contributed by atoms with Crippen LogP contribution in [-0.4, -0.2) is 14.2 Å². The third-order valence-corrected chi connectivity index (χ3v) is 4.39. The first-order valence-corrected chi connectivity index (χ1v) is 9.19. The zero-order valence-corrected chi connectivity index (χ0v) is 16.2. The Hall–Kier alpha value is -3.52. The molecule has 0 fully saturated rings. The van der Waals surface area contributed by atoms with E-state index in [4.69, 9.17) is 9.47 Å². The van der Waals surface area contributed by atoms with Gasteiger partial charge in [0.1, 0.15) is 11.5 Å². The van der Waals surface area contributed by atoms with Gasteiger partial charge in [0, 0.05) is 5.56 Å². The van der Waals surface area contributed by atoms with Gasteiger partial charge in [-0.25, -0.2) is 0 Å². The molecule has 0 radical (unpaired) electrons. The van der Waals surface area contributed by atoms with Crippen molar-refractivity contribution < 1.29 is 9.47 Å². The molecular formula is C26H24O2. The number of ether oxygens (including phenoxy) is 2. The molecule has 4 rings (SSSR count). The Morgan fingerprint density at radius 1 is 0.429 bits per heavy atom. The fraction of sp³-hybridized carbons (Fsp3) is 0.0769. The van der Waals surface area contributed by atoms with Crippen molar-refractivity contribution in [2.24, 2.45) is 0 Å². The van der Waals surface area contributed by atoms with Crippen LogP contribution in [0.15, 0.2) is 109 Å². The predicted octanol–water partition coefficient (Wildman–Crippen LogP) is 6.72. The van der Waals surface area contributed by atoms with Gasteiger partial charge in [0.25, 0.3) is 0 Å². The van der Waals surface area contributed by atoms with Crippen LogP contribution in [0.1, 0.15) is 0 Å². The summed E-state index contributed by atoms with van der Waals surface area (Å²) in [6.07, 6.45) is 0. The lowest BCUT2D eigenvalue weighted by Gasteiger charge is -2.07. The Labute approximate surface area is 167 Å². The number of rotatable bonds is 4. The lowest BCUT2D eigenvalue weighted by molar-refractivity contribution is 0.415. The third kappa shape index (κ3) is 5.01. The highest BCUT2D eigenvalue weighted by molar-refractivity contribution is 5.70. The van der Waals surface area contributed by atoms with Crippen molar-refractivity contribution in [1.29, 1.82) is 0 Å². The highest BCUT2D eigenvalue weighted by atomic mass is 16.5. The van der Waals surface area contributed by atoms with Gasteiger partial charge in [-0.2, -0.15) is 0 Å². The minimum atomic E-state index is 0.893. The van der Waals surface area contributed by atoms with E-state index < -0.39 is 0 Å². The van der Waals surface area contributed by atoms with Crippen LogP contribution in [0.4, 0.5) is 0 Å². The number of hydrogen-bond donors (Lipinski definition) is 0. The Kier molecular flexibility index (Phi) is 6.86. The minimum Gasteiger partial charge on any atom is -0.497 e. The average Bonchev–Trinajstić information content (AvgIpc) is 2.81. The molecule has 0 atom stereocenters. The van der Waals surface area contributed by atoms with Gasteiger partial charge in [-0.3, -0.25) is 0 Å². The summed E-state index contributed by atoms with van der Waals surface area (Å²) in [5, 5.41) is 0. The van der Waals surface area contributed by atoms with E-state index in [0.29, 0.717) is 0 Å². The van der Waals surface area contributed by atoms with E-state index in [1.54, 1.807) is 14.2 Å². The summed E-state index contributed by atoms with van der Waals surface area (Å²) < 4.78 is 10.4. The van der Waals surface area contributed by atoms with Gasteiger partial charge >= 0.3 is 0 Å². The third-order valence-electron chi connectivity index (χ3n) is 4.39. The lowest BCUT2D eigenvalue weighted by Crippen LogP contribution is -1.86. The molecule has 0 aliphatic rings. The van der Waals surface area contributed by atoms with Gasteiger partial charge in [-0.15, -0.1) is 0 Å². The lowest BCUT2D eigenvalue weighted by atomic mass is 10.1. The number of benzene rings is 4. The standard InChI is InChI=1S/2C13H12O/c1-14-13-10-6-5-9-12(13)11-7-3-2-4-8-11;1-14-13-9-7-12(8-10-13)11-5-3-2-4-6-11/h2*2-10H,1H3. The van der Waals surface area contributed by atoms with Crippen molar-refractivity contribution in [3.8, 4) is 33.8 Å². The molecule has 0 heterocycles. The van der Waals surface area contributed by atoms with Gasteiger partial charge in [0.05, 0.1) is 14.2 Å². The van der Waals surface area contributed by atoms with Crippen molar-refractivity contribution in [3.05, 3.63) is 109 Å². The predicted molar refractivity (Wildman–Crippen MR) is 117 cm³/mol. The molecule has 0 aromatic heterocycles. The fourth-order valence-electron chi connectivity index (χ4n) is 2.91. The van der Waals surface area contributed by atoms with E-state index in [2.05, 4.69) is 42.5 Å². The molecule has 0 bridgehead atoms. The molecule has 0 saturated heterocycles. The first-order valence-electron chi connectivity index (χ1n) is 9.19. The highest BCUT2D eigenvalue weighted by Gasteiger charge is 2.02. The first kappa shape index (κ1) is 19.2. The van der Waals surface area contributed by atoms with Gasteiger partial charge in [-0.1, -0.05) is 91.0 Å². The van der Waals surface area contributed by atoms with Crippen molar-refractivity contribution in [2.45, 2.75) is 0 Å². The second kappa shape index (κ2) is 9.98. The van der Waals surface area contributed by atoms with Crippen molar-refractivity contribution in [1.82, 2.24) is 0 Å². The summed E-state index contributed by atoms with van der Waals surface area (Å²) >= 11 is 0. The Morgan fingerprint density at radius 3 is 1.50 bits per heavy atom. The van der Waals surface area contributed by atoms with E-state index in [1.165, 1.54) is 16.7 Å². The Balaban J connectivity index is 0.000000161. The van der Waals surface area contributed by atoms with Crippen LogP contribution >= 0.6 is 0 Å². The Morgan fingerprint density at radius 2 is 0.929 bits per heavy atom. The summed E-state index contributed by atoms with van der Waals surface area (Å²) in [5.41, 5.74) is 4.77. The van der Waals surface area contributed by atoms with E-state index in [0.717, 1.165) is 17.1 Å². The summed E-state index contributed by atoms with van der Waals surface area (Å²) in [4.78, 5) is 0. The minimum absolute atomic E-state index is 0.893. The zero-order valence-electron chi connectivity index (χ0n) is 16.2. The fourth-order valence-corrected chi connectivity index (χ4v) is 2.91. The van der Waals surface area contributed by atoms with Crippen molar-refractivity contribution in [2.75, 3.05) is 14.2 Å². The molecule has 2 heteroatoms. The molecule has 28 heavy (non-hydrogen) atoms. The van der Waals surface area contributed by atoms with Crippen LogP contribution in [0.25, 0.3) is 22.3 Å². The summed E-state index contributed by atoms with van der Waals surface area (Å²) in [5.74, 6) is 1.81. The van der Waals surface area contributed by atoms with Gasteiger partial charge in [0.15, 0.2) is 0 Å². The quantitative estimate of drug-likeness (QED) is 0.398. The monoisotopic (exact) mass is 368 g/mol. The van der Waals surface area contributed by atoms with E-state index in [-0.39, 0.29) is 0 Å². The normalized spacial score (nSPS) is 9.79. The molecule has 2 nitrogen and oxygen atoms in total. The zero-order chi connectivity index (χ0) is 19.6. The summed E-state index contributed by atoms with van der Waals surface area (Å²) in [7, 11) is 3.37. The second-order valence-electron chi connectivity index (χ2n) is 6.16. The van der Waals surface area contributed by atoms with Gasteiger partial charge < -0.3 is 9.47 Å². The highest BCUT2D eigenvalue weighted by Crippen LogP contribution is 2.28. The number of hydrogen-bond acceptors (Lipinski definition) is 2. The van der Waals surface area contributed by atoms with E-state index in [9.17, 15) is 0 Å². The van der Waals surface area contributed by atoms with Crippen LogP contribution in [-0.2, 0) is 0 Å². The van der Waals surface area contributed by atoms with E-state index in [1.807, 2.05) is 66.7 Å². The van der Waals surface area contributed by atoms with Crippen LogP contribution < -0.4 is 9.47 Å². The number of methoxy groups -OCH3 is 2. The Bertz CT molecular complexity index is 962. The van der Waals surface area contributed by atoms with Crippen molar-refractivity contribution in [3.63, 3.8) is 0 Å². The molecule has 0 unspecified atom stereocenters. The first-order chi connectivity index (χ1) is 13.8. The maximum Gasteiger partial charge on any atom is 0.126 e. The summed E-state index contributed by atoms with van der Waals surface area (Å²) in [6.45, 7) is 0. The largest absolute Gasteiger partial charge is 0.497 e. The van der Waals surface area contributed by atoms with Crippen LogP contribution in [0.3, 0.4) is 0 Å². The molecule has 0 aliphatic carbocycles. The SMILES string of the molecule is COc1ccc(-c2ccccc2)cc1.COc1ccccc1-c1ccccc1. The summed E-state index contributed by atoms with van der Waals surface area (Å²) in [6, 6.07) is 36.6. The van der Waals surface area contributed by atoms with Crippen LogP contribution in [0.5, 0.6) is 11.5 Å².